The minimum Gasteiger partial charge on any atom is -0.480 e. The van der Waals surface area contributed by atoms with Crippen molar-refractivity contribution in [1.82, 2.24) is 10.3 Å². The maximum atomic E-state index is 11.8. The Bertz CT molecular complexity index is 538. The number of nitrogens with one attached hydrogen (secondary N) is 1. The lowest BCUT2D eigenvalue weighted by molar-refractivity contribution is -0.139. The first-order valence-corrected chi connectivity index (χ1v) is 6.93. The summed E-state index contributed by atoms with van der Waals surface area (Å²) in [5.41, 5.74) is 0.0481. The molecule has 0 aliphatic heterocycles. The van der Waals surface area contributed by atoms with Gasteiger partial charge in [-0.15, -0.1) is 0 Å². The molecule has 1 atom stereocenters. The Morgan fingerprint density at radius 1 is 1.41 bits per heavy atom. The van der Waals surface area contributed by atoms with E-state index < -0.39 is 23.7 Å². The number of nitrogens with zero attached hydrogens (tertiary/aromatic N) is 2. The van der Waals surface area contributed by atoms with Gasteiger partial charge in [0.05, 0.1) is 0 Å². The normalized spacial score (nSPS) is 12.4. The highest BCUT2D eigenvalue weighted by atomic mass is 16.6. The van der Waals surface area contributed by atoms with Crippen LogP contribution in [0.1, 0.15) is 26.3 Å². The van der Waals surface area contributed by atoms with Gasteiger partial charge in [0.2, 0.25) is 0 Å². The number of hydrogen-bond donors (Lipinski definition) is 2. The largest absolute Gasteiger partial charge is 0.480 e. The molecular weight excluding hydrogens is 286 g/mol. The Hall–Kier alpha value is -2.31. The molecule has 0 radical (unpaired) electrons. The third-order valence-electron chi connectivity index (χ3n) is 2.70. The number of carboxylic acids is 1. The number of amides is 1. The van der Waals surface area contributed by atoms with E-state index in [4.69, 9.17) is 4.74 Å². The minimum absolute atomic E-state index is 0.121. The van der Waals surface area contributed by atoms with Crippen LogP contribution >= 0.6 is 0 Å². The van der Waals surface area contributed by atoms with Gasteiger partial charge in [0, 0.05) is 26.7 Å². The lowest BCUT2D eigenvalue weighted by Crippen LogP contribution is -2.44. The zero-order chi connectivity index (χ0) is 16.9. The molecule has 0 fully saturated rings. The average Bonchev–Trinajstić information content (AvgIpc) is 2.35. The summed E-state index contributed by atoms with van der Waals surface area (Å²) < 4.78 is 5.09. The molecule has 122 valence electrons. The first kappa shape index (κ1) is 17.7. The van der Waals surface area contributed by atoms with E-state index in [9.17, 15) is 14.7 Å². The van der Waals surface area contributed by atoms with E-state index in [1.807, 2.05) is 14.1 Å². The van der Waals surface area contributed by atoms with Crippen LogP contribution in [0.5, 0.6) is 0 Å². The summed E-state index contributed by atoms with van der Waals surface area (Å²) in [6.07, 6.45) is 1.00. The molecule has 0 saturated heterocycles. The highest BCUT2D eigenvalue weighted by molar-refractivity contribution is 5.80. The van der Waals surface area contributed by atoms with Crippen molar-refractivity contribution in [3.05, 3.63) is 23.9 Å². The van der Waals surface area contributed by atoms with Gasteiger partial charge in [0.15, 0.2) is 0 Å². The standard InChI is InChI=1S/C15H23N3O4/c1-15(2,3)22-14(21)17-11(13(19)20)9-10-7-6-8-16-12(10)18(4)5/h6-8,11H,9H2,1-5H3,(H,17,21)(H,19,20). The van der Waals surface area contributed by atoms with Crippen LogP contribution in [0.2, 0.25) is 0 Å². The fourth-order valence-corrected chi connectivity index (χ4v) is 1.86. The summed E-state index contributed by atoms with van der Waals surface area (Å²) in [4.78, 5) is 29.2. The molecule has 2 N–H and O–H groups in total. The van der Waals surface area contributed by atoms with Crippen molar-refractivity contribution >= 4 is 17.9 Å². The van der Waals surface area contributed by atoms with Crippen molar-refractivity contribution in [2.24, 2.45) is 0 Å². The molecule has 1 aromatic rings. The molecule has 1 aromatic heterocycles. The second kappa shape index (κ2) is 7.11. The van der Waals surface area contributed by atoms with Crippen molar-refractivity contribution in [3.8, 4) is 0 Å². The number of hydrogen-bond acceptors (Lipinski definition) is 5. The third-order valence-corrected chi connectivity index (χ3v) is 2.70. The Labute approximate surface area is 130 Å². The zero-order valence-corrected chi connectivity index (χ0v) is 13.6. The lowest BCUT2D eigenvalue weighted by Gasteiger charge is -2.23. The van der Waals surface area contributed by atoms with E-state index in [-0.39, 0.29) is 6.42 Å². The molecule has 22 heavy (non-hydrogen) atoms. The van der Waals surface area contributed by atoms with Crippen LogP contribution in [0.3, 0.4) is 0 Å². The molecule has 0 saturated carbocycles. The van der Waals surface area contributed by atoms with Crippen molar-refractivity contribution in [1.29, 1.82) is 0 Å². The summed E-state index contributed by atoms with van der Waals surface area (Å²) in [6, 6.07) is 2.43. The molecule has 7 heteroatoms. The molecule has 1 rings (SSSR count). The van der Waals surface area contributed by atoms with E-state index in [0.29, 0.717) is 5.82 Å². The third kappa shape index (κ3) is 5.59. The number of rotatable bonds is 5. The molecule has 0 aliphatic carbocycles. The van der Waals surface area contributed by atoms with E-state index in [2.05, 4.69) is 10.3 Å². The highest BCUT2D eigenvalue weighted by Crippen LogP contribution is 2.17. The summed E-state index contributed by atoms with van der Waals surface area (Å²) >= 11 is 0. The lowest BCUT2D eigenvalue weighted by atomic mass is 10.1. The van der Waals surface area contributed by atoms with Crippen LogP contribution in [0, 0.1) is 0 Å². The van der Waals surface area contributed by atoms with Gasteiger partial charge in [-0.1, -0.05) is 6.07 Å². The fraction of sp³-hybridized carbons (Fsp3) is 0.533. The van der Waals surface area contributed by atoms with Gasteiger partial charge in [0.25, 0.3) is 0 Å². The van der Waals surface area contributed by atoms with Crippen molar-refractivity contribution in [2.45, 2.75) is 38.8 Å². The maximum absolute atomic E-state index is 11.8. The summed E-state index contributed by atoms with van der Waals surface area (Å²) in [5.74, 6) is -0.459. The van der Waals surface area contributed by atoms with Crippen LogP contribution in [0.25, 0.3) is 0 Å². The SMILES string of the molecule is CN(C)c1ncccc1CC(NC(=O)OC(C)(C)C)C(=O)O. The topological polar surface area (TPSA) is 91.8 Å². The number of pyridine rings is 1. The van der Waals surface area contributed by atoms with Gasteiger partial charge in [-0.3, -0.25) is 0 Å². The van der Waals surface area contributed by atoms with Crippen LogP contribution in [0.4, 0.5) is 10.6 Å². The van der Waals surface area contributed by atoms with Gasteiger partial charge in [-0.25, -0.2) is 14.6 Å². The van der Waals surface area contributed by atoms with Gasteiger partial charge in [-0.2, -0.15) is 0 Å². The molecular formula is C15H23N3O4. The van der Waals surface area contributed by atoms with Crippen LogP contribution in [-0.4, -0.2) is 47.9 Å². The van der Waals surface area contributed by atoms with Gasteiger partial charge in [0.1, 0.15) is 17.5 Å². The van der Waals surface area contributed by atoms with Gasteiger partial charge in [-0.05, 0) is 32.4 Å². The maximum Gasteiger partial charge on any atom is 0.408 e. The molecule has 0 aliphatic rings. The van der Waals surface area contributed by atoms with E-state index in [1.165, 1.54) is 0 Å². The van der Waals surface area contributed by atoms with Crippen molar-refractivity contribution in [2.75, 3.05) is 19.0 Å². The number of aliphatic carboxylic acids is 1. The predicted octanol–water partition coefficient (Wildman–Crippen LogP) is 1.67. The first-order valence-electron chi connectivity index (χ1n) is 6.93. The summed E-state index contributed by atoms with van der Waals surface area (Å²) in [6.45, 7) is 5.15. The number of ether oxygens (including phenoxy) is 1. The quantitative estimate of drug-likeness (QED) is 0.859. The first-order chi connectivity index (χ1) is 10.1. The summed E-state index contributed by atoms with van der Waals surface area (Å²) in [7, 11) is 3.64. The minimum atomic E-state index is -1.13. The van der Waals surface area contributed by atoms with Gasteiger partial charge < -0.3 is 20.1 Å². The second-order valence-corrected chi connectivity index (χ2v) is 6.12. The molecule has 0 bridgehead atoms. The highest BCUT2D eigenvalue weighted by Gasteiger charge is 2.25. The van der Waals surface area contributed by atoms with Crippen LogP contribution in [0.15, 0.2) is 18.3 Å². The second-order valence-electron chi connectivity index (χ2n) is 6.12. The Morgan fingerprint density at radius 2 is 2.05 bits per heavy atom. The van der Waals surface area contributed by atoms with Gasteiger partial charge >= 0.3 is 12.1 Å². The van der Waals surface area contributed by atoms with E-state index in [1.54, 1.807) is 44.0 Å². The molecule has 7 nitrogen and oxygen atoms in total. The Balaban J connectivity index is 2.86. The molecule has 0 spiro atoms. The number of carbonyl (C=O) groups is 2. The Kier molecular flexibility index (Phi) is 5.73. The summed E-state index contributed by atoms with van der Waals surface area (Å²) in [5, 5.41) is 11.7. The number of aromatic nitrogens is 1. The fourth-order valence-electron chi connectivity index (χ4n) is 1.86. The molecule has 0 aromatic carbocycles. The molecule has 1 unspecified atom stereocenters. The van der Waals surface area contributed by atoms with E-state index >= 15 is 0 Å². The average molecular weight is 309 g/mol. The van der Waals surface area contributed by atoms with Crippen LogP contribution < -0.4 is 10.2 Å². The molecule has 1 amide bonds. The molecule has 1 heterocycles. The number of carboxylic acid groups (broad SMARTS) is 1. The van der Waals surface area contributed by atoms with Crippen molar-refractivity contribution < 1.29 is 19.4 Å². The zero-order valence-electron chi connectivity index (χ0n) is 13.6. The number of alkyl carbamates (subject to hydrolysis) is 1. The van der Waals surface area contributed by atoms with Crippen LogP contribution in [-0.2, 0) is 16.0 Å². The van der Waals surface area contributed by atoms with E-state index in [0.717, 1.165) is 5.56 Å². The van der Waals surface area contributed by atoms with Crippen molar-refractivity contribution in [3.63, 3.8) is 0 Å². The monoisotopic (exact) mass is 309 g/mol. The predicted molar refractivity (Wildman–Crippen MR) is 83.1 cm³/mol. The Morgan fingerprint density at radius 3 is 2.55 bits per heavy atom. The smallest absolute Gasteiger partial charge is 0.408 e. The number of carbonyl (C=O) groups excluding carboxylic acids is 1. The number of anilines is 1.